The molecule has 9 nitrogen and oxygen atoms in total. The fraction of sp³-hybridized carbons (Fsp3) is 0.625. The Labute approximate surface area is 454 Å². The first-order valence-corrected chi connectivity index (χ1v) is 30.5. The summed E-state index contributed by atoms with van der Waals surface area (Å²) >= 11 is 0. The molecule has 0 radical (unpaired) electrons. The molecule has 74 heavy (non-hydrogen) atoms. The number of unbranched alkanes of at least 4 members (excludes halogenated alkanes) is 19. The molecule has 0 heterocycles. The molecular weight excluding hydrogens is 940 g/mol. The topological polar surface area (TPSA) is 114 Å². The van der Waals surface area contributed by atoms with Crippen molar-refractivity contribution >= 4 is 19.7 Å². The second-order valence-corrected chi connectivity index (χ2v) is 21.6. The van der Waals surface area contributed by atoms with Crippen LogP contribution in [-0.2, 0) is 27.9 Å². The van der Waals surface area contributed by atoms with Gasteiger partial charge >= 0.3 is 5.97 Å². The number of phosphoric acid groups is 1. The van der Waals surface area contributed by atoms with Crippen LogP contribution in [0.5, 0.6) is 0 Å². The van der Waals surface area contributed by atoms with Gasteiger partial charge in [0.15, 0.2) is 0 Å². The molecule has 0 aliphatic heterocycles. The number of carbonyl (C=O) groups excluding carboxylic acids is 2. The largest absolute Gasteiger partial charge is 0.756 e. The maximum Gasteiger partial charge on any atom is 0.306 e. The van der Waals surface area contributed by atoms with E-state index in [1.165, 1.54) is 77.0 Å². The van der Waals surface area contributed by atoms with E-state index in [0.717, 1.165) is 83.5 Å². The SMILES string of the molecule is CC\C=C/C=C/C=C/C=C\C=C\C=C\CCCCCC(=O)OC(/C=C/CCCCCCCCCCCC)C(COP(=O)([O-])OCC[N+](C)(C)C)NC(=O)CCCCC/C=C\C/C=C\C/C=C\C/C=C\CCCCC. The van der Waals surface area contributed by atoms with Gasteiger partial charge in [0.25, 0.3) is 7.82 Å². The third-order valence-electron chi connectivity index (χ3n) is 12.0. The zero-order valence-corrected chi connectivity index (χ0v) is 48.6. The summed E-state index contributed by atoms with van der Waals surface area (Å²) in [5, 5.41) is 2.99. The van der Waals surface area contributed by atoms with E-state index in [2.05, 4.69) is 86.8 Å². The summed E-state index contributed by atoms with van der Waals surface area (Å²) in [4.78, 5) is 39.9. The molecule has 1 amide bonds. The number of hydrogen-bond acceptors (Lipinski definition) is 7. The summed E-state index contributed by atoms with van der Waals surface area (Å²) in [6.45, 7) is 6.58. The van der Waals surface area contributed by atoms with Gasteiger partial charge in [-0.3, -0.25) is 14.2 Å². The zero-order valence-electron chi connectivity index (χ0n) is 47.7. The Balaban J connectivity index is 5.50. The highest BCUT2D eigenvalue weighted by Crippen LogP contribution is 2.38. The van der Waals surface area contributed by atoms with Crippen molar-refractivity contribution in [2.45, 2.75) is 219 Å². The van der Waals surface area contributed by atoms with E-state index in [-0.39, 0.29) is 25.4 Å². The van der Waals surface area contributed by atoms with Crippen LogP contribution in [0.25, 0.3) is 0 Å². The van der Waals surface area contributed by atoms with Gasteiger partial charge in [0.1, 0.15) is 19.3 Å². The summed E-state index contributed by atoms with van der Waals surface area (Å²) in [6, 6.07) is -0.933. The summed E-state index contributed by atoms with van der Waals surface area (Å²) in [5.41, 5.74) is 0. The Bertz CT molecular complexity index is 1730. The number of ether oxygens (including phenoxy) is 1. The standard InChI is InChI=1S/C64H107N2O7P/c1-7-10-13-16-19-22-25-28-30-32-33-35-36-38-41-44-47-50-53-56-63(67)65-61(60-72-74(69,70)71-59-58-66(4,5)6)62(55-52-49-46-43-40-27-24-21-18-15-12-9-3)73-64(68)57-54-51-48-45-42-39-37-34-31-29-26-23-20-17-14-11-8-2/h11,14,17,19-20,22-23,26,28-31,33-35,37-39,41-42,52,55,61-62H,7-10,12-13,15-16,18,21,24-25,27,32,36,40,43-51,53-54,56-60H2,1-6H3,(H-,65,67,69,70)/b14-11-,20-17+,22-19-,26-23+,30-28-,31-29-,35-33-,37-34+,41-38-,42-39+,55-52+. The number of hydrogen-bond donors (Lipinski definition) is 1. The number of carbonyl (C=O) groups is 2. The van der Waals surface area contributed by atoms with Crippen LogP contribution in [0, 0.1) is 0 Å². The second kappa shape index (κ2) is 52.6. The highest BCUT2D eigenvalue weighted by atomic mass is 31.2. The molecule has 0 aliphatic rings. The highest BCUT2D eigenvalue weighted by Gasteiger charge is 2.27. The highest BCUT2D eigenvalue weighted by molar-refractivity contribution is 7.45. The van der Waals surface area contributed by atoms with Crippen molar-refractivity contribution in [1.29, 1.82) is 0 Å². The predicted molar refractivity (Wildman–Crippen MR) is 316 cm³/mol. The Morgan fingerprint density at radius 3 is 1.45 bits per heavy atom. The molecule has 0 saturated carbocycles. The van der Waals surface area contributed by atoms with Gasteiger partial charge in [0.05, 0.1) is 33.8 Å². The van der Waals surface area contributed by atoms with Crippen LogP contribution in [0.15, 0.2) is 134 Å². The van der Waals surface area contributed by atoms with Crippen LogP contribution in [0.2, 0.25) is 0 Å². The van der Waals surface area contributed by atoms with Crippen molar-refractivity contribution in [3.63, 3.8) is 0 Å². The minimum absolute atomic E-state index is 0.0445. The molecule has 3 atom stereocenters. The number of quaternary nitrogens is 1. The lowest BCUT2D eigenvalue weighted by molar-refractivity contribution is -0.870. The van der Waals surface area contributed by atoms with Crippen LogP contribution in [0.3, 0.4) is 0 Å². The molecule has 0 spiro atoms. The summed E-state index contributed by atoms with van der Waals surface area (Å²) in [5.74, 6) is -0.641. The van der Waals surface area contributed by atoms with Crippen LogP contribution >= 0.6 is 7.82 Å². The quantitative estimate of drug-likeness (QED) is 0.0161. The Kier molecular flexibility index (Phi) is 49.8. The van der Waals surface area contributed by atoms with Gasteiger partial charge < -0.3 is 28.5 Å². The molecule has 0 saturated heterocycles. The molecule has 0 aromatic rings. The molecule has 1 N–H and O–H groups in total. The third-order valence-corrected chi connectivity index (χ3v) is 12.9. The van der Waals surface area contributed by atoms with E-state index in [0.29, 0.717) is 23.9 Å². The number of amides is 1. The molecule has 0 aliphatic carbocycles. The summed E-state index contributed by atoms with van der Waals surface area (Å²) in [7, 11) is 1.11. The van der Waals surface area contributed by atoms with Crippen molar-refractivity contribution in [3.05, 3.63) is 134 Å². The van der Waals surface area contributed by atoms with E-state index >= 15 is 0 Å². The van der Waals surface area contributed by atoms with Crippen molar-refractivity contribution in [2.24, 2.45) is 0 Å². The lowest BCUT2D eigenvalue weighted by Gasteiger charge is -2.30. The minimum atomic E-state index is -4.73. The Hall–Kier alpha value is -3.85. The first-order valence-electron chi connectivity index (χ1n) is 29.1. The molecule has 420 valence electrons. The number of likely N-dealkylation sites (N-methyl/N-ethyl adjacent to an activating group) is 1. The van der Waals surface area contributed by atoms with Gasteiger partial charge in [-0.1, -0.05) is 232 Å². The van der Waals surface area contributed by atoms with Gasteiger partial charge in [0.2, 0.25) is 5.91 Å². The van der Waals surface area contributed by atoms with E-state index < -0.39 is 32.5 Å². The number of rotatable bonds is 50. The first kappa shape index (κ1) is 70.1. The molecule has 0 fully saturated rings. The lowest BCUT2D eigenvalue weighted by atomic mass is 10.1. The summed E-state index contributed by atoms with van der Waals surface area (Å²) < 4.78 is 30.2. The Morgan fingerprint density at radius 2 is 0.919 bits per heavy atom. The van der Waals surface area contributed by atoms with Crippen LogP contribution < -0.4 is 10.2 Å². The monoisotopic (exact) mass is 1050 g/mol. The lowest BCUT2D eigenvalue weighted by Crippen LogP contribution is -2.47. The number of esters is 1. The van der Waals surface area contributed by atoms with E-state index in [1.807, 2.05) is 88.0 Å². The van der Waals surface area contributed by atoms with Crippen LogP contribution in [0.1, 0.15) is 207 Å². The molecular formula is C64H107N2O7P. The number of phosphoric ester groups is 1. The van der Waals surface area contributed by atoms with E-state index in [1.54, 1.807) is 6.08 Å². The van der Waals surface area contributed by atoms with Crippen molar-refractivity contribution in [2.75, 3.05) is 40.9 Å². The number of allylic oxidation sites excluding steroid dienone is 21. The first-order chi connectivity index (χ1) is 35.9. The average molecular weight is 1050 g/mol. The van der Waals surface area contributed by atoms with Crippen molar-refractivity contribution < 1.29 is 37.3 Å². The van der Waals surface area contributed by atoms with Gasteiger partial charge in [-0.15, -0.1) is 0 Å². The predicted octanol–water partition coefficient (Wildman–Crippen LogP) is 17.1. The van der Waals surface area contributed by atoms with Gasteiger partial charge in [-0.2, -0.15) is 0 Å². The fourth-order valence-corrected chi connectivity index (χ4v) is 8.20. The number of nitrogens with zero attached hydrogens (tertiary/aromatic N) is 1. The number of nitrogens with one attached hydrogen (secondary N) is 1. The van der Waals surface area contributed by atoms with E-state index in [4.69, 9.17) is 13.8 Å². The van der Waals surface area contributed by atoms with Crippen molar-refractivity contribution in [1.82, 2.24) is 5.32 Å². The molecule has 0 aromatic carbocycles. The second-order valence-electron chi connectivity index (χ2n) is 20.2. The Morgan fingerprint density at radius 1 is 0.500 bits per heavy atom. The van der Waals surface area contributed by atoms with Crippen LogP contribution in [-0.4, -0.2) is 69.4 Å². The van der Waals surface area contributed by atoms with E-state index in [9.17, 15) is 19.0 Å². The van der Waals surface area contributed by atoms with Gasteiger partial charge in [0, 0.05) is 12.8 Å². The van der Waals surface area contributed by atoms with Crippen LogP contribution in [0.4, 0.5) is 0 Å². The molecule has 3 unspecified atom stereocenters. The smallest absolute Gasteiger partial charge is 0.306 e. The third kappa shape index (κ3) is 53.0. The molecule has 0 aromatic heterocycles. The molecule has 0 bridgehead atoms. The van der Waals surface area contributed by atoms with Gasteiger partial charge in [-0.25, -0.2) is 0 Å². The molecule has 0 rings (SSSR count). The maximum absolute atomic E-state index is 13.5. The fourth-order valence-electron chi connectivity index (χ4n) is 7.48. The molecule has 10 heteroatoms. The minimum Gasteiger partial charge on any atom is -0.756 e. The maximum atomic E-state index is 13.5. The summed E-state index contributed by atoms with van der Waals surface area (Å²) in [6.07, 6.45) is 74.1. The normalized spacial score (nSPS) is 14.7. The van der Waals surface area contributed by atoms with Gasteiger partial charge in [-0.05, 0) is 96.0 Å². The average Bonchev–Trinajstić information content (AvgIpc) is 3.36. The zero-order chi connectivity index (χ0) is 54.3. The van der Waals surface area contributed by atoms with Crippen molar-refractivity contribution in [3.8, 4) is 0 Å².